The van der Waals surface area contributed by atoms with E-state index in [1.54, 1.807) is 6.07 Å². The van der Waals surface area contributed by atoms with Crippen LogP contribution in [0.1, 0.15) is 5.56 Å². The van der Waals surface area contributed by atoms with Crippen molar-refractivity contribution in [1.82, 2.24) is 0 Å². The van der Waals surface area contributed by atoms with E-state index in [4.69, 9.17) is 14.8 Å². The predicted molar refractivity (Wildman–Crippen MR) is 46.8 cm³/mol. The molecule has 1 aromatic rings. The minimum absolute atomic E-state index is 0.109. The fraction of sp³-hybridized carbons (Fsp3) is 0.250. The molecular formula is C8H10BFO3. The van der Waals surface area contributed by atoms with E-state index in [1.807, 2.05) is 0 Å². The van der Waals surface area contributed by atoms with Crippen molar-refractivity contribution in [3.8, 4) is 5.75 Å². The van der Waals surface area contributed by atoms with E-state index in [2.05, 4.69) is 0 Å². The van der Waals surface area contributed by atoms with Crippen molar-refractivity contribution in [2.75, 3.05) is 7.11 Å². The summed E-state index contributed by atoms with van der Waals surface area (Å²) in [6.45, 7) is 0. The van der Waals surface area contributed by atoms with Crippen LogP contribution in [0.25, 0.3) is 0 Å². The number of rotatable bonds is 3. The number of benzene rings is 1. The molecule has 0 spiro atoms. The standard InChI is InChI=1S/C8H10BFO3/c1-13-7-4-2-3-6(8(7)10)5-9(11)12/h2-4,11-12H,5H2,1H3. The minimum atomic E-state index is -1.54. The van der Waals surface area contributed by atoms with Crippen molar-refractivity contribution < 1.29 is 19.2 Å². The number of hydrogen-bond donors (Lipinski definition) is 2. The third kappa shape index (κ3) is 2.43. The van der Waals surface area contributed by atoms with Gasteiger partial charge in [-0.1, -0.05) is 12.1 Å². The van der Waals surface area contributed by atoms with Gasteiger partial charge in [0.15, 0.2) is 11.6 Å². The van der Waals surface area contributed by atoms with E-state index < -0.39 is 12.9 Å². The Bertz CT molecular complexity index is 291. The summed E-state index contributed by atoms with van der Waals surface area (Å²) < 4.78 is 18.0. The third-order valence-corrected chi connectivity index (χ3v) is 1.67. The van der Waals surface area contributed by atoms with E-state index in [0.29, 0.717) is 0 Å². The molecule has 0 atom stereocenters. The maximum absolute atomic E-state index is 13.3. The van der Waals surface area contributed by atoms with Crippen molar-refractivity contribution in [3.05, 3.63) is 29.6 Å². The van der Waals surface area contributed by atoms with Crippen LogP contribution in [0.2, 0.25) is 0 Å². The molecule has 13 heavy (non-hydrogen) atoms. The Morgan fingerprint density at radius 3 is 2.69 bits per heavy atom. The zero-order valence-electron chi connectivity index (χ0n) is 7.20. The van der Waals surface area contributed by atoms with E-state index in [-0.39, 0.29) is 17.6 Å². The van der Waals surface area contributed by atoms with Gasteiger partial charge in [0, 0.05) is 6.32 Å². The molecule has 1 rings (SSSR count). The van der Waals surface area contributed by atoms with Gasteiger partial charge in [-0.25, -0.2) is 4.39 Å². The predicted octanol–water partition coefficient (Wildman–Crippen LogP) is 0.389. The highest BCUT2D eigenvalue weighted by molar-refractivity contribution is 6.40. The molecule has 0 unspecified atom stereocenters. The van der Waals surface area contributed by atoms with Gasteiger partial charge in [-0.05, 0) is 11.6 Å². The molecule has 0 bridgehead atoms. The molecule has 0 aliphatic heterocycles. The molecule has 0 saturated carbocycles. The first-order valence-electron chi connectivity index (χ1n) is 3.82. The molecule has 0 aromatic heterocycles. The van der Waals surface area contributed by atoms with Crippen molar-refractivity contribution in [3.63, 3.8) is 0 Å². The molecule has 0 amide bonds. The summed E-state index contributed by atoms with van der Waals surface area (Å²) in [4.78, 5) is 0. The van der Waals surface area contributed by atoms with Gasteiger partial charge in [0.05, 0.1) is 7.11 Å². The highest BCUT2D eigenvalue weighted by Gasteiger charge is 2.14. The van der Waals surface area contributed by atoms with Gasteiger partial charge in [0.2, 0.25) is 0 Å². The van der Waals surface area contributed by atoms with Crippen molar-refractivity contribution in [2.24, 2.45) is 0 Å². The first-order chi connectivity index (χ1) is 6.15. The second-order valence-electron chi connectivity index (χ2n) is 2.62. The Kier molecular flexibility index (Phi) is 3.28. The maximum Gasteiger partial charge on any atom is 0.456 e. The molecule has 5 heteroatoms. The van der Waals surface area contributed by atoms with Crippen LogP contribution in [-0.4, -0.2) is 24.3 Å². The molecule has 1 aromatic carbocycles. The fourth-order valence-corrected chi connectivity index (χ4v) is 1.07. The average molecular weight is 184 g/mol. The summed E-state index contributed by atoms with van der Waals surface area (Å²) in [5.41, 5.74) is 0.231. The van der Waals surface area contributed by atoms with Crippen molar-refractivity contribution in [2.45, 2.75) is 6.32 Å². The normalized spacial score (nSPS) is 9.85. The lowest BCUT2D eigenvalue weighted by Crippen LogP contribution is -2.16. The highest BCUT2D eigenvalue weighted by atomic mass is 19.1. The zero-order chi connectivity index (χ0) is 9.84. The summed E-state index contributed by atoms with van der Waals surface area (Å²) in [6, 6.07) is 4.56. The van der Waals surface area contributed by atoms with Gasteiger partial charge in [0.1, 0.15) is 0 Å². The van der Waals surface area contributed by atoms with Gasteiger partial charge in [-0.2, -0.15) is 0 Å². The van der Waals surface area contributed by atoms with Crippen LogP contribution >= 0.6 is 0 Å². The lowest BCUT2D eigenvalue weighted by Gasteiger charge is -2.06. The fourth-order valence-electron chi connectivity index (χ4n) is 1.07. The van der Waals surface area contributed by atoms with E-state index in [1.165, 1.54) is 19.2 Å². The molecule has 0 aliphatic carbocycles. The van der Waals surface area contributed by atoms with Gasteiger partial charge < -0.3 is 14.8 Å². The van der Waals surface area contributed by atoms with Crippen LogP contribution in [-0.2, 0) is 6.32 Å². The second kappa shape index (κ2) is 4.25. The first-order valence-corrected chi connectivity index (χ1v) is 3.82. The molecule has 0 fully saturated rings. The lowest BCUT2D eigenvalue weighted by molar-refractivity contribution is 0.381. The molecule has 70 valence electrons. The summed E-state index contributed by atoms with van der Waals surface area (Å²) in [7, 11) is -0.181. The van der Waals surface area contributed by atoms with Gasteiger partial charge in [0.25, 0.3) is 0 Å². The Hall–Kier alpha value is -1.07. The SMILES string of the molecule is COc1cccc(CB(O)O)c1F. The summed E-state index contributed by atoms with van der Waals surface area (Å²) in [5.74, 6) is -0.434. The maximum atomic E-state index is 13.3. The topological polar surface area (TPSA) is 49.7 Å². The van der Waals surface area contributed by atoms with Crippen molar-refractivity contribution >= 4 is 7.12 Å². The van der Waals surface area contributed by atoms with Crippen LogP contribution in [0, 0.1) is 5.82 Å². The first kappa shape index (κ1) is 10.0. The molecular weight excluding hydrogens is 174 g/mol. The van der Waals surface area contributed by atoms with E-state index in [0.717, 1.165) is 0 Å². The second-order valence-corrected chi connectivity index (χ2v) is 2.62. The molecule has 0 aliphatic rings. The number of hydrogen-bond acceptors (Lipinski definition) is 3. The molecule has 3 nitrogen and oxygen atoms in total. The monoisotopic (exact) mass is 184 g/mol. The molecule has 0 heterocycles. The van der Waals surface area contributed by atoms with Crippen molar-refractivity contribution in [1.29, 1.82) is 0 Å². The summed E-state index contributed by atoms with van der Waals surface area (Å²) >= 11 is 0. The van der Waals surface area contributed by atoms with E-state index >= 15 is 0 Å². The van der Waals surface area contributed by atoms with Gasteiger partial charge >= 0.3 is 7.12 Å². The van der Waals surface area contributed by atoms with Crippen LogP contribution in [0.4, 0.5) is 4.39 Å². The average Bonchev–Trinajstić information content (AvgIpc) is 2.08. The van der Waals surface area contributed by atoms with Gasteiger partial charge in [-0.15, -0.1) is 0 Å². The number of ether oxygens (including phenoxy) is 1. The van der Waals surface area contributed by atoms with E-state index in [9.17, 15) is 4.39 Å². The molecule has 2 N–H and O–H groups in total. The minimum Gasteiger partial charge on any atom is -0.494 e. The lowest BCUT2D eigenvalue weighted by atomic mass is 9.82. The number of halogens is 1. The smallest absolute Gasteiger partial charge is 0.456 e. The Balaban J connectivity index is 2.94. The molecule has 0 saturated heterocycles. The Morgan fingerprint density at radius 1 is 1.46 bits per heavy atom. The van der Waals surface area contributed by atoms with Crippen LogP contribution in [0.3, 0.4) is 0 Å². The van der Waals surface area contributed by atoms with Crippen LogP contribution in [0.15, 0.2) is 18.2 Å². The third-order valence-electron chi connectivity index (χ3n) is 1.67. The van der Waals surface area contributed by atoms with Gasteiger partial charge in [-0.3, -0.25) is 0 Å². The Labute approximate surface area is 75.9 Å². The summed E-state index contributed by atoms with van der Waals surface area (Å²) in [6.07, 6.45) is -0.136. The summed E-state index contributed by atoms with van der Waals surface area (Å²) in [5, 5.41) is 17.3. The quantitative estimate of drug-likeness (QED) is 0.668. The zero-order valence-corrected chi connectivity index (χ0v) is 7.20. The van der Waals surface area contributed by atoms with Crippen LogP contribution in [0.5, 0.6) is 5.75 Å². The highest BCUT2D eigenvalue weighted by Crippen LogP contribution is 2.20. The van der Waals surface area contributed by atoms with Crippen LogP contribution < -0.4 is 4.74 Å². The number of methoxy groups -OCH3 is 1. The molecule has 0 radical (unpaired) electrons. The Morgan fingerprint density at radius 2 is 2.15 bits per heavy atom. The largest absolute Gasteiger partial charge is 0.494 e.